The van der Waals surface area contributed by atoms with Gasteiger partial charge < -0.3 is 10.5 Å². The predicted molar refractivity (Wildman–Crippen MR) is 45.5 cm³/mol. The van der Waals surface area contributed by atoms with E-state index in [1.165, 1.54) is 0 Å². The zero-order chi connectivity index (χ0) is 12.3. The van der Waals surface area contributed by atoms with Gasteiger partial charge in [-0.15, -0.1) is 13.2 Å². The van der Waals surface area contributed by atoms with Crippen molar-refractivity contribution >= 4 is 5.69 Å². The molecular formula is C7H6F3N3O3. The topological polar surface area (TPSA) is 91.3 Å². The third-order valence-corrected chi connectivity index (χ3v) is 1.53. The Bertz CT molecular complexity index is 408. The van der Waals surface area contributed by atoms with Gasteiger partial charge in [0.15, 0.2) is 0 Å². The van der Waals surface area contributed by atoms with Crippen molar-refractivity contribution in [1.29, 1.82) is 0 Å². The summed E-state index contributed by atoms with van der Waals surface area (Å²) in [6.45, 7) is -0.356. The van der Waals surface area contributed by atoms with Crippen LogP contribution in [0, 0.1) is 10.1 Å². The van der Waals surface area contributed by atoms with Gasteiger partial charge >= 0.3 is 6.36 Å². The third kappa shape index (κ3) is 3.05. The molecule has 88 valence electrons. The fourth-order valence-electron chi connectivity index (χ4n) is 0.966. The van der Waals surface area contributed by atoms with Gasteiger partial charge in [-0.25, -0.2) is 4.98 Å². The van der Waals surface area contributed by atoms with Gasteiger partial charge in [-0.3, -0.25) is 10.1 Å². The molecule has 0 radical (unpaired) electrons. The van der Waals surface area contributed by atoms with Crippen molar-refractivity contribution in [2.75, 3.05) is 0 Å². The minimum atomic E-state index is -4.89. The Kier molecular flexibility index (Phi) is 3.28. The molecule has 0 aromatic carbocycles. The number of aromatic nitrogens is 1. The van der Waals surface area contributed by atoms with Gasteiger partial charge in [0.05, 0.1) is 4.92 Å². The van der Waals surface area contributed by atoms with Gasteiger partial charge in [-0.2, -0.15) is 0 Å². The lowest BCUT2D eigenvalue weighted by atomic mass is 10.3. The number of nitrogens with zero attached hydrogens (tertiary/aromatic N) is 2. The molecule has 0 fully saturated rings. The van der Waals surface area contributed by atoms with Crippen LogP contribution in [0.1, 0.15) is 5.69 Å². The van der Waals surface area contributed by atoms with E-state index in [4.69, 9.17) is 5.73 Å². The van der Waals surface area contributed by atoms with E-state index in [1.807, 2.05) is 0 Å². The van der Waals surface area contributed by atoms with E-state index in [9.17, 15) is 23.3 Å². The average molecular weight is 237 g/mol. The highest BCUT2D eigenvalue weighted by molar-refractivity contribution is 5.37. The Morgan fingerprint density at radius 3 is 2.56 bits per heavy atom. The van der Waals surface area contributed by atoms with Crippen molar-refractivity contribution < 1.29 is 22.8 Å². The Balaban J connectivity index is 3.05. The van der Waals surface area contributed by atoms with Crippen LogP contribution in [0.15, 0.2) is 12.1 Å². The van der Waals surface area contributed by atoms with Gasteiger partial charge in [-0.1, -0.05) is 0 Å². The van der Waals surface area contributed by atoms with E-state index < -0.39 is 22.9 Å². The van der Waals surface area contributed by atoms with Crippen LogP contribution in [0.2, 0.25) is 0 Å². The largest absolute Gasteiger partial charge is 0.574 e. The van der Waals surface area contributed by atoms with Crippen molar-refractivity contribution in [3.05, 3.63) is 27.9 Å². The highest BCUT2D eigenvalue weighted by Crippen LogP contribution is 2.24. The maximum absolute atomic E-state index is 11.8. The van der Waals surface area contributed by atoms with Gasteiger partial charge in [-0.05, 0) is 0 Å². The summed E-state index contributed by atoms with van der Waals surface area (Å²) in [7, 11) is 0. The SMILES string of the molecule is NCc1nc(OC(F)(F)F)ccc1[N+](=O)[O-]. The summed E-state index contributed by atoms with van der Waals surface area (Å²) in [4.78, 5) is 12.9. The number of halogens is 3. The van der Waals surface area contributed by atoms with Gasteiger partial charge in [0.25, 0.3) is 5.69 Å². The van der Waals surface area contributed by atoms with Crippen molar-refractivity contribution in [1.82, 2.24) is 4.98 Å². The number of hydrogen-bond donors (Lipinski definition) is 1. The van der Waals surface area contributed by atoms with Crippen LogP contribution in [0.3, 0.4) is 0 Å². The summed E-state index contributed by atoms with van der Waals surface area (Å²) in [5.74, 6) is -0.779. The number of nitrogens with two attached hydrogens (primary N) is 1. The predicted octanol–water partition coefficient (Wildman–Crippen LogP) is 1.35. The molecule has 16 heavy (non-hydrogen) atoms. The Morgan fingerprint density at radius 1 is 1.50 bits per heavy atom. The zero-order valence-corrected chi connectivity index (χ0v) is 7.69. The van der Waals surface area contributed by atoms with E-state index in [0.29, 0.717) is 0 Å². The maximum Gasteiger partial charge on any atom is 0.574 e. The van der Waals surface area contributed by atoms with Crippen molar-refractivity contribution in [3.8, 4) is 5.88 Å². The number of rotatable bonds is 3. The average Bonchev–Trinajstić information content (AvgIpc) is 2.14. The van der Waals surface area contributed by atoms with Gasteiger partial charge in [0.1, 0.15) is 5.69 Å². The summed E-state index contributed by atoms with van der Waals surface area (Å²) < 4.78 is 38.9. The van der Waals surface area contributed by atoms with Crippen LogP contribution < -0.4 is 10.5 Å². The van der Waals surface area contributed by atoms with Crippen LogP contribution in [-0.4, -0.2) is 16.3 Å². The zero-order valence-electron chi connectivity index (χ0n) is 7.69. The summed E-state index contributed by atoms with van der Waals surface area (Å²) in [5.41, 5.74) is 4.40. The Morgan fingerprint density at radius 2 is 2.12 bits per heavy atom. The van der Waals surface area contributed by atoms with E-state index in [1.54, 1.807) is 0 Å². The second-order valence-electron chi connectivity index (χ2n) is 2.62. The normalized spacial score (nSPS) is 11.2. The van der Waals surface area contributed by atoms with E-state index in [-0.39, 0.29) is 12.2 Å². The Hall–Kier alpha value is -1.90. The van der Waals surface area contributed by atoms with Crippen LogP contribution in [0.5, 0.6) is 5.88 Å². The molecular weight excluding hydrogens is 231 g/mol. The van der Waals surface area contributed by atoms with E-state index in [2.05, 4.69) is 9.72 Å². The number of pyridine rings is 1. The second kappa shape index (κ2) is 4.31. The van der Waals surface area contributed by atoms with Gasteiger partial charge in [0, 0.05) is 18.7 Å². The second-order valence-corrected chi connectivity index (χ2v) is 2.62. The van der Waals surface area contributed by atoms with Crippen molar-refractivity contribution in [2.45, 2.75) is 12.9 Å². The smallest absolute Gasteiger partial charge is 0.388 e. The molecule has 0 aliphatic heterocycles. The molecule has 1 aromatic rings. The van der Waals surface area contributed by atoms with Crippen LogP contribution in [0.4, 0.5) is 18.9 Å². The lowest BCUT2D eigenvalue weighted by Crippen LogP contribution is -2.18. The van der Waals surface area contributed by atoms with Crippen LogP contribution in [-0.2, 0) is 6.54 Å². The van der Waals surface area contributed by atoms with Crippen LogP contribution in [0.25, 0.3) is 0 Å². The summed E-state index contributed by atoms with van der Waals surface area (Å²) >= 11 is 0. The molecule has 0 bridgehead atoms. The first-order valence-electron chi connectivity index (χ1n) is 3.93. The fraction of sp³-hybridized carbons (Fsp3) is 0.286. The van der Waals surface area contributed by atoms with Crippen LogP contribution >= 0.6 is 0 Å². The van der Waals surface area contributed by atoms with E-state index >= 15 is 0 Å². The molecule has 0 atom stereocenters. The first-order valence-corrected chi connectivity index (χ1v) is 3.93. The number of hydrogen-bond acceptors (Lipinski definition) is 5. The molecule has 1 aromatic heterocycles. The number of alkyl halides is 3. The molecule has 0 aliphatic carbocycles. The first kappa shape index (κ1) is 12.2. The van der Waals surface area contributed by atoms with Crippen molar-refractivity contribution in [3.63, 3.8) is 0 Å². The lowest BCUT2D eigenvalue weighted by molar-refractivity contribution is -0.386. The molecule has 1 heterocycles. The minimum absolute atomic E-state index is 0.272. The summed E-state index contributed by atoms with van der Waals surface area (Å²) in [6.07, 6.45) is -4.89. The molecule has 2 N–H and O–H groups in total. The summed E-state index contributed by atoms with van der Waals surface area (Å²) in [5, 5.41) is 10.4. The molecule has 9 heteroatoms. The monoisotopic (exact) mass is 237 g/mol. The lowest BCUT2D eigenvalue weighted by Gasteiger charge is -2.08. The minimum Gasteiger partial charge on any atom is -0.388 e. The third-order valence-electron chi connectivity index (χ3n) is 1.53. The molecule has 1 rings (SSSR count). The molecule has 0 spiro atoms. The molecule has 0 aliphatic rings. The number of ether oxygens (including phenoxy) is 1. The summed E-state index contributed by atoms with van der Waals surface area (Å²) in [6, 6.07) is 1.61. The first-order chi connectivity index (χ1) is 7.33. The maximum atomic E-state index is 11.8. The highest BCUT2D eigenvalue weighted by atomic mass is 19.4. The molecule has 0 saturated carbocycles. The molecule has 0 saturated heterocycles. The molecule has 6 nitrogen and oxygen atoms in total. The van der Waals surface area contributed by atoms with Gasteiger partial charge in [0.2, 0.25) is 5.88 Å². The molecule has 0 unspecified atom stereocenters. The fourth-order valence-corrected chi connectivity index (χ4v) is 0.966. The number of nitro groups is 1. The highest BCUT2D eigenvalue weighted by Gasteiger charge is 2.32. The molecule has 0 amide bonds. The standard InChI is InChI=1S/C7H6F3N3O3/c8-7(9,10)16-6-2-1-5(13(14)15)4(3-11)12-6/h1-2H,3,11H2. The Labute approximate surface area is 87.0 Å². The quantitative estimate of drug-likeness (QED) is 0.632. The van der Waals surface area contributed by atoms with Crippen molar-refractivity contribution in [2.24, 2.45) is 5.73 Å². The van der Waals surface area contributed by atoms with E-state index in [0.717, 1.165) is 12.1 Å².